The van der Waals surface area contributed by atoms with Crippen LogP contribution < -0.4 is 9.62 Å². The van der Waals surface area contributed by atoms with E-state index < -0.39 is 27.0 Å². The zero-order chi connectivity index (χ0) is 25.8. The van der Waals surface area contributed by atoms with Gasteiger partial charge in [0.1, 0.15) is 11.2 Å². The number of alkyl halides is 2. The van der Waals surface area contributed by atoms with Gasteiger partial charge in [0, 0.05) is 44.7 Å². The van der Waals surface area contributed by atoms with Gasteiger partial charge in [-0.15, -0.1) is 10.2 Å². The van der Waals surface area contributed by atoms with Crippen molar-refractivity contribution in [3.05, 3.63) is 17.1 Å². The van der Waals surface area contributed by atoms with Gasteiger partial charge in [0.25, 0.3) is 6.43 Å². The number of aryl methyl sites for hydroxylation is 1. The number of anilines is 1. The predicted molar refractivity (Wildman–Crippen MR) is 131 cm³/mol. The fourth-order valence-corrected chi connectivity index (χ4v) is 6.62. The first-order chi connectivity index (χ1) is 17.0. The number of sulfonamides is 1. The normalized spacial score (nSPS) is 18.3. The Bertz CT molecular complexity index is 1450. The third-order valence-electron chi connectivity index (χ3n) is 6.71. The van der Waals surface area contributed by atoms with Crippen LogP contribution in [-0.4, -0.2) is 71.1 Å². The molecule has 2 fully saturated rings. The van der Waals surface area contributed by atoms with Gasteiger partial charge in [0.15, 0.2) is 10.0 Å². The highest BCUT2D eigenvalue weighted by molar-refractivity contribution is 7.89. The second-order valence-electron chi connectivity index (χ2n) is 9.47. The molecule has 1 N–H and O–H groups in total. The molecular formula is C22H26F2N8O2S2. The number of halogens is 2. The molecule has 192 valence electrons. The minimum absolute atomic E-state index is 0.00865. The number of nitrogens with one attached hydrogen (secondary N) is 1. The molecule has 3 aromatic rings. The summed E-state index contributed by atoms with van der Waals surface area (Å²) in [7, 11) is -2.31. The molecular weight excluding hydrogens is 510 g/mol. The summed E-state index contributed by atoms with van der Waals surface area (Å²) in [5.41, 5.74) is 0.563. The van der Waals surface area contributed by atoms with E-state index in [1.807, 2.05) is 0 Å². The van der Waals surface area contributed by atoms with Crippen molar-refractivity contribution < 1.29 is 17.2 Å². The highest BCUT2D eigenvalue weighted by Crippen LogP contribution is 2.40. The largest absolute Gasteiger partial charge is 0.367 e. The molecule has 2 aliphatic rings. The van der Waals surface area contributed by atoms with Crippen LogP contribution in [0.4, 0.5) is 14.5 Å². The smallest absolute Gasteiger partial charge is 0.291 e. The first-order valence-corrected chi connectivity index (χ1v) is 13.9. The van der Waals surface area contributed by atoms with Crippen LogP contribution >= 0.6 is 11.3 Å². The first kappa shape index (κ1) is 24.9. The molecule has 0 spiro atoms. The highest BCUT2D eigenvalue weighted by Gasteiger charge is 2.47. The van der Waals surface area contributed by atoms with Crippen LogP contribution in [0.5, 0.6) is 0 Å². The molecule has 2 aromatic heterocycles. The van der Waals surface area contributed by atoms with E-state index in [9.17, 15) is 22.5 Å². The van der Waals surface area contributed by atoms with Crippen LogP contribution in [0.1, 0.15) is 38.1 Å². The molecule has 0 atom stereocenters. The van der Waals surface area contributed by atoms with E-state index in [0.717, 1.165) is 24.4 Å². The standard InChI is InChI=1S/C22H26F2N8O2S2/c1-13(2)31-6-8-32(9-7-31)16-11-14(36(33,34)29-22(12-25)4-5-22)10-15-17(28-30(3)18(15)16)20-26-27-21(35-20)19(23)24/h10-11,13,19,29H,4-9H2,1-3H3. The molecule has 3 heterocycles. The van der Waals surface area contributed by atoms with Gasteiger partial charge in [-0.3, -0.25) is 9.58 Å². The summed E-state index contributed by atoms with van der Waals surface area (Å²) >= 11 is 0.728. The minimum Gasteiger partial charge on any atom is -0.367 e. The van der Waals surface area contributed by atoms with Gasteiger partial charge in [-0.1, -0.05) is 11.3 Å². The molecule has 36 heavy (non-hydrogen) atoms. The molecule has 0 bridgehead atoms. The number of nitrogens with zero attached hydrogens (tertiary/aromatic N) is 7. The van der Waals surface area contributed by atoms with Crippen molar-refractivity contribution in [2.75, 3.05) is 31.1 Å². The highest BCUT2D eigenvalue weighted by atomic mass is 32.2. The van der Waals surface area contributed by atoms with Gasteiger partial charge in [-0.25, -0.2) is 17.2 Å². The molecule has 0 radical (unpaired) electrons. The van der Waals surface area contributed by atoms with Crippen molar-refractivity contribution in [1.29, 1.82) is 5.26 Å². The lowest BCUT2D eigenvalue weighted by Gasteiger charge is -2.38. The number of nitriles is 1. The van der Waals surface area contributed by atoms with E-state index in [1.54, 1.807) is 17.8 Å². The van der Waals surface area contributed by atoms with E-state index in [4.69, 9.17) is 0 Å². The summed E-state index contributed by atoms with van der Waals surface area (Å²) in [6.45, 7) is 7.26. The number of piperazine rings is 1. The number of rotatable bonds is 7. The zero-order valence-electron chi connectivity index (χ0n) is 20.1. The Hall–Kier alpha value is -2.73. The number of fused-ring (bicyclic) bond motifs is 1. The van der Waals surface area contributed by atoms with Gasteiger partial charge in [-0.05, 0) is 38.8 Å². The molecule has 1 aliphatic carbocycles. The lowest BCUT2D eigenvalue weighted by Crippen LogP contribution is -2.49. The number of hydrogen-bond acceptors (Lipinski definition) is 9. The monoisotopic (exact) mass is 536 g/mol. The molecule has 0 amide bonds. The summed E-state index contributed by atoms with van der Waals surface area (Å²) in [6.07, 6.45) is -1.86. The Morgan fingerprint density at radius 3 is 2.42 bits per heavy atom. The van der Waals surface area contributed by atoms with E-state index in [2.05, 4.69) is 49.7 Å². The minimum atomic E-state index is -4.04. The Labute approximate surface area is 211 Å². The van der Waals surface area contributed by atoms with Gasteiger partial charge >= 0.3 is 0 Å². The van der Waals surface area contributed by atoms with Crippen molar-refractivity contribution in [3.63, 3.8) is 0 Å². The number of benzene rings is 1. The SMILES string of the molecule is CC(C)N1CCN(c2cc(S(=O)(=O)NC3(C#N)CC3)cc3c(-c4nnc(C(F)F)s4)nn(C)c23)CC1. The van der Waals surface area contributed by atoms with Crippen molar-refractivity contribution in [1.82, 2.24) is 29.6 Å². The van der Waals surface area contributed by atoms with E-state index in [1.165, 1.54) is 6.07 Å². The van der Waals surface area contributed by atoms with E-state index >= 15 is 0 Å². The fourth-order valence-electron chi connectivity index (χ4n) is 4.50. The average Bonchev–Trinajstić information content (AvgIpc) is 3.27. The maximum absolute atomic E-state index is 13.4. The molecule has 10 nitrogen and oxygen atoms in total. The Morgan fingerprint density at radius 2 is 1.86 bits per heavy atom. The summed E-state index contributed by atoms with van der Waals surface area (Å²) < 4.78 is 57.3. The fraction of sp³-hybridized carbons (Fsp3) is 0.545. The molecule has 1 aliphatic heterocycles. The van der Waals surface area contributed by atoms with Crippen LogP contribution in [0.2, 0.25) is 0 Å². The van der Waals surface area contributed by atoms with E-state index in [0.29, 0.717) is 48.6 Å². The summed E-state index contributed by atoms with van der Waals surface area (Å²) in [5.74, 6) is 0. The summed E-state index contributed by atoms with van der Waals surface area (Å²) in [5, 5.41) is 21.7. The van der Waals surface area contributed by atoms with Crippen molar-refractivity contribution in [2.24, 2.45) is 7.05 Å². The van der Waals surface area contributed by atoms with Crippen LogP contribution in [-0.2, 0) is 17.1 Å². The van der Waals surface area contributed by atoms with Crippen molar-refractivity contribution in [2.45, 2.75) is 49.6 Å². The van der Waals surface area contributed by atoms with Crippen molar-refractivity contribution >= 4 is 38.0 Å². The molecule has 1 aromatic carbocycles. The lowest BCUT2D eigenvalue weighted by atomic mass is 10.1. The Morgan fingerprint density at radius 1 is 1.17 bits per heavy atom. The summed E-state index contributed by atoms with van der Waals surface area (Å²) in [6, 6.07) is 5.54. The van der Waals surface area contributed by atoms with Gasteiger partial charge in [0.05, 0.1) is 22.2 Å². The zero-order valence-corrected chi connectivity index (χ0v) is 21.7. The predicted octanol–water partition coefficient (Wildman–Crippen LogP) is 2.89. The van der Waals surface area contributed by atoms with Gasteiger partial charge in [-0.2, -0.15) is 15.1 Å². The topological polar surface area (TPSA) is 120 Å². The Kier molecular flexibility index (Phi) is 6.22. The molecule has 14 heteroatoms. The van der Waals surface area contributed by atoms with Crippen LogP contribution in [0.15, 0.2) is 17.0 Å². The molecule has 1 saturated carbocycles. The second kappa shape index (κ2) is 8.98. The Balaban J connectivity index is 1.65. The lowest BCUT2D eigenvalue weighted by molar-refractivity contribution is 0.150. The maximum Gasteiger partial charge on any atom is 0.291 e. The van der Waals surface area contributed by atoms with Crippen LogP contribution in [0.3, 0.4) is 0 Å². The second-order valence-corrected chi connectivity index (χ2v) is 12.2. The van der Waals surface area contributed by atoms with Crippen molar-refractivity contribution in [3.8, 4) is 16.8 Å². The third kappa shape index (κ3) is 4.45. The molecule has 5 rings (SSSR count). The molecule has 0 unspecified atom stereocenters. The average molecular weight is 537 g/mol. The first-order valence-electron chi connectivity index (χ1n) is 11.6. The van der Waals surface area contributed by atoms with Gasteiger partial charge < -0.3 is 4.90 Å². The van der Waals surface area contributed by atoms with Crippen LogP contribution in [0.25, 0.3) is 21.6 Å². The summed E-state index contributed by atoms with van der Waals surface area (Å²) in [4.78, 5) is 4.46. The molecule has 1 saturated heterocycles. The number of hydrogen-bond donors (Lipinski definition) is 1. The quantitative estimate of drug-likeness (QED) is 0.490. The maximum atomic E-state index is 13.4. The van der Waals surface area contributed by atoms with E-state index in [-0.39, 0.29) is 15.6 Å². The van der Waals surface area contributed by atoms with Crippen LogP contribution in [0, 0.1) is 11.3 Å². The third-order valence-corrected chi connectivity index (χ3v) is 9.16. The van der Waals surface area contributed by atoms with Gasteiger partial charge in [0.2, 0.25) is 10.0 Å². The number of aromatic nitrogens is 4.